The number of benzene rings is 3. The van der Waals surface area contributed by atoms with E-state index in [2.05, 4.69) is 22.7 Å². The molecule has 2 amide bonds. The lowest BCUT2D eigenvalue weighted by molar-refractivity contribution is 0.262. The fraction of sp³-hybridized carbons (Fsp3) is 0.200. The van der Waals surface area contributed by atoms with Gasteiger partial charge in [0.05, 0.1) is 23.7 Å². The second kappa shape index (κ2) is 9.96. The van der Waals surface area contributed by atoms with Gasteiger partial charge >= 0.3 is 6.03 Å². The summed E-state index contributed by atoms with van der Waals surface area (Å²) in [6, 6.07) is 13.7. The number of nitrogens with zero attached hydrogens (tertiary/aromatic N) is 2. The van der Waals surface area contributed by atoms with Gasteiger partial charge in [0.2, 0.25) is 0 Å². The first kappa shape index (κ1) is 23.3. The van der Waals surface area contributed by atoms with Crippen LogP contribution in [0.25, 0.3) is 16.5 Å². The van der Waals surface area contributed by atoms with Gasteiger partial charge in [0, 0.05) is 6.07 Å². The molecule has 3 N–H and O–H groups in total. The number of amides is 2. The van der Waals surface area contributed by atoms with E-state index in [9.17, 15) is 23.1 Å². The maximum atomic E-state index is 14.0. The number of nitrogens with one attached hydrogen (secondary N) is 2. The molecule has 4 rings (SSSR count). The van der Waals surface area contributed by atoms with Gasteiger partial charge in [0.25, 0.3) is 0 Å². The zero-order chi connectivity index (χ0) is 24.2. The summed E-state index contributed by atoms with van der Waals surface area (Å²) in [7, 11) is 0. The quantitative estimate of drug-likeness (QED) is 0.295. The molecule has 9 heteroatoms. The van der Waals surface area contributed by atoms with Gasteiger partial charge in [-0.1, -0.05) is 37.6 Å². The second-order valence-corrected chi connectivity index (χ2v) is 7.82. The summed E-state index contributed by atoms with van der Waals surface area (Å²) in [6.45, 7) is 1.87. The van der Waals surface area contributed by atoms with Crippen LogP contribution in [0.15, 0.2) is 54.6 Å². The Morgan fingerprint density at radius 1 is 1.03 bits per heavy atom. The van der Waals surface area contributed by atoms with Crippen molar-refractivity contribution < 1.29 is 23.1 Å². The van der Waals surface area contributed by atoms with E-state index < -0.39 is 29.2 Å². The highest BCUT2D eigenvalue weighted by Crippen LogP contribution is 2.27. The van der Waals surface area contributed by atoms with Gasteiger partial charge in [-0.2, -0.15) is 5.10 Å². The van der Waals surface area contributed by atoms with E-state index >= 15 is 0 Å². The summed E-state index contributed by atoms with van der Waals surface area (Å²) < 4.78 is 42.2. The molecule has 6 nitrogen and oxygen atoms in total. The number of fused-ring (bicyclic) bond motifs is 1. The molecule has 0 spiro atoms. The van der Waals surface area contributed by atoms with Crippen molar-refractivity contribution >= 4 is 28.3 Å². The third-order valence-corrected chi connectivity index (χ3v) is 5.42. The minimum atomic E-state index is -1.67. The maximum absolute atomic E-state index is 14.0. The third-order valence-electron chi connectivity index (χ3n) is 5.42. The van der Waals surface area contributed by atoms with Crippen LogP contribution >= 0.6 is 0 Å². The van der Waals surface area contributed by atoms with E-state index in [4.69, 9.17) is 0 Å². The van der Waals surface area contributed by atoms with E-state index in [0.717, 1.165) is 41.4 Å². The van der Waals surface area contributed by atoms with Crippen LogP contribution in [0.3, 0.4) is 0 Å². The lowest BCUT2D eigenvalue weighted by Gasteiger charge is -2.13. The number of hydrogen-bond acceptors (Lipinski definition) is 3. The molecule has 0 radical (unpaired) electrons. The minimum absolute atomic E-state index is 0.184. The average molecular weight is 468 g/mol. The highest BCUT2D eigenvalue weighted by atomic mass is 19.2. The first-order valence-electron chi connectivity index (χ1n) is 10.8. The molecule has 0 aliphatic rings. The lowest BCUT2D eigenvalue weighted by Crippen LogP contribution is -2.22. The molecular formula is C25H23F3N4O2. The van der Waals surface area contributed by atoms with E-state index in [-0.39, 0.29) is 6.61 Å². The number of aliphatic hydroxyl groups excluding tert-OH is 1. The number of halogens is 3. The molecule has 3 aromatic carbocycles. The van der Waals surface area contributed by atoms with Gasteiger partial charge in [-0.05, 0) is 53.4 Å². The zero-order valence-electron chi connectivity index (χ0n) is 18.4. The Kier molecular flexibility index (Phi) is 6.83. The summed E-state index contributed by atoms with van der Waals surface area (Å²) in [5, 5.41) is 21.1. The Hall–Kier alpha value is -3.85. The standard InChI is InChI=1S/C25H23F3N4O2/c1-2-3-7-17-13-22(30-25(34)29-21-10-9-20(26)23(27)24(21)28)32(31-17)18-11-15-6-4-5-8-19(15)16(12-18)14-33/h4-6,8-13,33H,2-3,7,14H2,1H3,(H2,29,30,34). The number of aliphatic hydroxyl groups is 1. The van der Waals surface area contributed by atoms with Crippen LogP contribution in [-0.4, -0.2) is 20.9 Å². The fourth-order valence-electron chi connectivity index (χ4n) is 3.71. The van der Waals surface area contributed by atoms with Gasteiger partial charge in [0.15, 0.2) is 17.5 Å². The molecule has 0 bridgehead atoms. The predicted molar refractivity (Wildman–Crippen MR) is 125 cm³/mol. The molecule has 0 saturated heterocycles. The van der Waals surface area contributed by atoms with Crippen molar-refractivity contribution in [3.8, 4) is 5.69 Å². The molecule has 34 heavy (non-hydrogen) atoms. The SMILES string of the molecule is CCCCc1cc(NC(=O)Nc2ccc(F)c(F)c2F)n(-c2cc(CO)c3ccccc3c2)n1. The van der Waals surface area contributed by atoms with Crippen LogP contribution in [0, 0.1) is 17.5 Å². The summed E-state index contributed by atoms with van der Waals surface area (Å²) in [5.41, 5.74) is 1.54. The first-order valence-corrected chi connectivity index (χ1v) is 10.8. The summed E-state index contributed by atoms with van der Waals surface area (Å²) >= 11 is 0. The molecule has 0 aliphatic heterocycles. The van der Waals surface area contributed by atoms with Crippen LogP contribution in [0.1, 0.15) is 31.0 Å². The van der Waals surface area contributed by atoms with Crippen LogP contribution in [-0.2, 0) is 13.0 Å². The number of hydrogen-bond donors (Lipinski definition) is 3. The number of anilines is 2. The average Bonchev–Trinajstić information content (AvgIpc) is 3.24. The van der Waals surface area contributed by atoms with Crippen molar-refractivity contribution in [2.45, 2.75) is 32.8 Å². The predicted octanol–water partition coefficient (Wildman–Crippen LogP) is 5.92. The van der Waals surface area contributed by atoms with Crippen LogP contribution in [0.2, 0.25) is 0 Å². The van der Waals surface area contributed by atoms with Crippen molar-refractivity contribution in [1.82, 2.24) is 9.78 Å². The Morgan fingerprint density at radius 2 is 1.82 bits per heavy atom. The van der Waals surface area contributed by atoms with E-state index in [1.807, 2.05) is 30.3 Å². The highest BCUT2D eigenvalue weighted by Gasteiger charge is 2.18. The number of unbranched alkanes of at least 4 members (excludes halogenated alkanes) is 1. The second-order valence-electron chi connectivity index (χ2n) is 7.82. The first-order chi connectivity index (χ1) is 16.4. The minimum Gasteiger partial charge on any atom is -0.392 e. The monoisotopic (exact) mass is 468 g/mol. The number of rotatable bonds is 7. The summed E-state index contributed by atoms with van der Waals surface area (Å²) in [6.07, 6.45) is 2.52. The van der Waals surface area contributed by atoms with Gasteiger partial charge in [0.1, 0.15) is 5.82 Å². The van der Waals surface area contributed by atoms with Crippen molar-refractivity contribution in [3.05, 3.63) is 83.3 Å². The topological polar surface area (TPSA) is 79.2 Å². The molecule has 0 unspecified atom stereocenters. The highest BCUT2D eigenvalue weighted by molar-refractivity contribution is 5.99. The molecule has 1 heterocycles. The number of carbonyl (C=O) groups is 1. The fourth-order valence-corrected chi connectivity index (χ4v) is 3.71. The van der Waals surface area contributed by atoms with Crippen molar-refractivity contribution in [3.63, 3.8) is 0 Å². The van der Waals surface area contributed by atoms with Gasteiger partial charge in [-0.3, -0.25) is 5.32 Å². The van der Waals surface area contributed by atoms with Crippen molar-refractivity contribution in [2.75, 3.05) is 10.6 Å². The smallest absolute Gasteiger partial charge is 0.324 e. The van der Waals surface area contributed by atoms with Crippen LogP contribution in [0.5, 0.6) is 0 Å². The summed E-state index contributed by atoms with van der Waals surface area (Å²) in [5.74, 6) is -4.21. The van der Waals surface area contributed by atoms with Crippen molar-refractivity contribution in [1.29, 1.82) is 0 Å². The van der Waals surface area contributed by atoms with Crippen molar-refractivity contribution in [2.24, 2.45) is 0 Å². The Labute approximate surface area is 194 Å². The van der Waals surface area contributed by atoms with E-state index in [1.165, 1.54) is 4.68 Å². The van der Waals surface area contributed by atoms with Crippen LogP contribution in [0.4, 0.5) is 29.5 Å². The molecular weight excluding hydrogens is 445 g/mol. The Balaban J connectivity index is 1.69. The van der Waals surface area contributed by atoms with Crippen LogP contribution < -0.4 is 10.6 Å². The number of carbonyl (C=O) groups excluding carboxylic acids is 1. The van der Waals surface area contributed by atoms with E-state index in [0.29, 0.717) is 23.5 Å². The van der Waals surface area contributed by atoms with E-state index in [1.54, 1.807) is 12.1 Å². The normalized spacial score (nSPS) is 11.1. The molecule has 4 aromatic rings. The number of aromatic nitrogens is 2. The largest absolute Gasteiger partial charge is 0.392 e. The molecule has 0 atom stereocenters. The molecule has 0 fully saturated rings. The Morgan fingerprint density at radius 3 is 2.59 bits per heavy atom. The zero-order valence-corrected chi connectivity index (χ0v) is 18.4. The van der Waals surface area contributed by atoms with Gasteiger partial charge < -0.3 is 10.4 Å². The van der Waals surface area contributed by atoms with Gasteiger partial charge in [-0.15, -0.1) is 0 Å². The molecule has 176 valence electrons. The van der Waals surface area contributed by atoms with Gasteiger partial charge in [-0.25, -0.2) is 22.6 Å². The third kappa shape index (κ3) is 4.74. The maximum Gasteiger partial charge on any atom is 0.324 e. The molecule has 1 aromatic heterocycles. The lowest BCUT2D eigenvalue weighted by atomic mass is 10.0. The molecule has 0 saturated carbocycles. The Bertz CT molecular complexity index is 1350. The molecule has 0 aliphatic carbocycles. The summed E-state index contributed by atoms with van der Waals surface area (Å²) in [4.78, 5) is 12.6. The number of aryl methyl sites for hydroxylation is 1. The number of urea groups is 1.